The van der Waals surface area contributed by atoms with E-state index in [0.717, 1.165) is 13.1 Å². The Morgan fingerprint density at radius 3 is 2.47 bits per heavy atom. The van der Waals surface area contributed by atoms with E-state index in [2.05, 4.69) is 10.3 Å². The van der Waals surface area contributed by atoms with Gasteiger partial charge < -0.3 is 25.0 Å². The number of halogens is 1. The maximum Gasteiger partial charge on any atom is 0.328 e. The van der Waals surface area contributed by atoms with Crippen molar-refractivity contribution in [3.8, 4) is 17.4 Å². The van der Waals surface area contributed by atoms with Gasteiger partial charge in [0.1, 0.15) is 5.75 Å². The maximum absolute atomic E-state index is 9.55. The van der Waals surface area contributed by atoms with E-state index in [-0.39, 0.29) is 0 Å². The van der Waals surface area contributed by atoms with E-state index in [1.54, 1.807) is 18.3 Å². The monoisotopic (exact) mass is 434 g/mol. The van der Waals surface area contributed by atoms with Crippen molar-refractivity contribution in [3.05, 3.63) is 59.8 Å². The van der Waals surface area contributed by atoms with Crippen molar-refractivity contribution in [2.24, 2.45) is 5.92 Å². The fourth-order valence-corrected chi connectivity index (χ4v) is 2.72. The number of nitrogens with one attached hydrogen (secondary N) is 1. The largest absolute Gasteiger partial charge is 0.488 e. The van der Waals surface area contributed by atoms with Crippen molar-refractivity contribution in [1.82, 2.24) is 10.3 Å². The number of pyridine rings is 1. The SMILES string of the molecule is Clc1ccc(Oc2ncccc2OC[C@H]2CCCNC2)cc1.O=C(O)/C=C/C(=O)O. The zero-order chi connectivity index (χ0) is 21.8. The summed E-state index contributed by atoms with van der Waals surface area (Å²) in [5.41, 5.74) is 0. The van der Waals surface area contributed by atoms with E-state index < -0.39 is 11.9 Å². The minimum absolute atomic E-state index is 0.480. The summed E-state index contributed by atoms with van der Waals surface area (Å²) in [7, 11) is 0. The molecule has 1 aromatic carbocycles. The second-order valence-electron chi connectivity index (χ2n) is 6.40. The number of hydrogen-bond donors (Lipinski definition) is 3. The van der Waals surface area contributed by atoms with Crippen LogP contribution in [0.2, 0.25) is 5.02 Å². The van der Waals surface area contributed by atoms with Crippen LogP contribution in [0.15, 0.2) is 54.7 Å². The second kappa shape index (κ2) is 12.5. The molecule has 0 saturated carbocycles. The molecule has 2 heterocycles. The number of aliphatic carboxylic acids is 2. The van der Waals surface area contributed by atoms with Gasteiger partial charge in [-0.05, 0) is 55.8 Å². The van der Waals surface area contributed by atoms with E-state index in [1.807, 2.05) is 24.3 Å². The van der Waals surface area contributed by atoms with Gasteiger partial charge in [0.15, 0.2) is 5.75 Å². The van der Waals surface area contributed by atoms with E-state index >= 15 is 0 Å². The highest BCUT2D eigenvalue weighted by atomic mass is 35.5. The van der Waals surface area contributed by atoms with Crippen molar-refractivity contribution in [3.63, 3.8) is 0 Å². The lowest BCUT2D eigenvalue weighted by Crippen LogP contribution is -2.33. The molecule has 1 aliphatic rings. The van der Waals surface area contributed by atoms with Gasteiger partial charge in [-0.25, -0.2) is 14.6 Å². The number of carbonyl (C=O) groups is 2. The highest BCUT2D eigenvalue weighted by molar-refractivity contribution is 6.30. The van der Waals surface area contributed by atoms with E-state index in [9.17, 15) is 9.59 Å². The first kappa shape index (κ1) is 23.2. The quantitative estimate of drug-likeness (QED) is 0.565. The summed E-state index contributed by atoms with van der Waals surface area (Å²) in [6, 6.07) is 10.9. The normalized spacial score (nSPS) is 15.7. The zero-order valence-electron chi connectivity index (χ0n) is 16.2. The number of carboxylic acid groups (broad SMARTS) is 2. The Morgan fingerprint density at radius 2 is 1.87 bits per heavy atom. The molecule has 0 radical (unpaired) electrons. The first-order valence-electron chi connectivity index (χ1n) is 9.30. The predicted octanol–water partition coefficient (Wildman–Crippen LogP) is 3.62. The van der Waals surface area contributed by atoms with Crippen LogP contribution in [0.5, 0.6) is 17.4 Å². The molecule has 9 heteroatoms. The summed E-state index contributed by atoms with van der Waals surface area (Å²) in [6.45, 7) is 2.79. The van der Waals surface area contributed by atoms with Gasteiger partial charge in [0.2, 0.25) is 0 Å². The third-order valence-electron chi connectivity index (χ3n) is 4.01. The van der Waals surface area contributed by atoms with E-state index in [4.69, 9.17) is 31.3 Å². The lowest BCUT2D eigenvalue weighted by atomic mass is 10.0. The molecule has 3 rings (SSSR count). The van der Waals surface area contributed by atoms with Crippen LogP contribution in [-0.4, -0.2) is 46.8 Å². The van der Waals surface area contributed by atoms with Crippen LogP contribution in [0, 0.1) is 5.92 Å². The molecule has 8 nitrogen and oxygen atoms in total. The third kappa shape index (κ3) is 8.93. The molecule has 160 valence electrons. The molecule has 0 aliphatic carbocycles. The Balaban J connectivity index is 0.000000343. The second-order valence-corrected chi connectivity index (χ2v) is 6.83. The van der Waals surface area contributed by atoms with Crippen molar-refractivity contribution in [1.29, 1.82) is 0 Å². The number of benzene rings is 1. The Labute approximate surface area is 179 Å². The molecule has 1 fully saturated rings. The Bertz CT molecular complexity index is 835. The Hall–Kier alpha value is -3.10. The van der Waals surface area contributed by atoms with Gasteiger partial charge in [-0.2, -0.15) is 0 Å². The van der Waals surface area contributed by atoms with Gasteiger partial charge in [0.25, 0.3) is 5.88 Å². The van der Waals surface area contributed by atoms with Gasteiger partial charge in [0.05, 0.1) is 6.61 Å². The molecule has 0 amide bonds. The lowest BCUT2D eigenvalue weighted by Gasteiger charge is -2.23. The first-order valence-corrected chi connectivity index (χ1v) is 9.67. The molecule has 1 aliphatic heterocycles. The topological polar surface area (TPSA) is 118 Å². The smallest absolute Gasteiger partial charge is 0.328 e. The summed E-state index contributed by atoms with van der Waals surface area (Å²) in [5.74, 6) is -0.138. The van der Waals surface area contributed by atoms with E-state index in [1.165, 1.54) is 12.8 Å². The van der Waals surface area contributed by atoms with Crippen molar-refractivity contribution in [2.45, 2.75) is 12.8 Å². The number of rotatable bonds is 7. The predicted molar refractivity (Wildman–Crippen MR) is 111 cm³/mol. The van der Waals surface area contributed by atoms with Crippen LogP contribution in [0.4, 0.5) is 0 Å². The molecule has 0 bridgehead atoms. The number of ether oxygens (including phenoxy) is 2. The van der Waals surface area contributed by atoms with Gasteiger partial charge in [-0.1, -0.05) is 11.6 Å². The lowest BCUT2D eigenvalue weighted by molar-refractivity contribution is -0.134. The van der Waals surface area contributed by atoms with Crippen LogP contribution in [-0.2, 0) is 9.59 Å². The first-order chi connectivity index (χ1) is 14.4. The van der Waals surface area contributed by atoms with Crippen molar-refractivity contribution in [2.75, 3.05) is 19.7 Å². The molecular weight excluding hydrogens is 412 g/mol. The van der Waals surface area contributed by atoms with Gasteiger partial charge >= 0.3 is 11.9 Å². The van der Waals surface area contributed by atoms with Gasteiger partial charge in [0, 0.05) is 35.8 Å². The van der Waals surface area contributed by atoms with Crippen molar-refractivity contribution < 1.29 is 29.3 Å². The summed E-state index contributed by atoms with van der Waals surface area (Å²) < 4.78 is 11.7. The number of carboxylic acids is 2. The fraction of sp³-hybridized carbons (Fsp3) is 0.286. The van der Waals surface area contributed by atoms with Gasteiger partial charge in [-0.3, -0.25) is 0 Å². The molecule has 3 N–H and O–H groups in total. The van der Waals surface area contributed by atoms with Gasteiger partial charge in [-0.15, -0.1) is 0 Å². The number of nitrogens with zero attached hydrogens (tertiary/aromatic N) is 1. The summed E-state index contributed by atoms with van der Waals surface area (Å²) in [5, 5.41) is 19.7. The number of aromatic nitrogens is 1. The van der Waals surface area contributed by atoms with Crippen LogP contribution in [0.25, 0.3) is 0 Å². The summed E-state index contributed by atoms with van der Waals surface area (Å²) in [6.07, 6.45) is 5.21. The molecular formula is C21H23ClN2O6. The Morgan fingerprint density at radius 1 is 1.17 bits per heavy atom. The average molecular weight is 435 g/mol. The minimum atomic E-state index is -1.26. The summed E-state index contributed by atoms with van der Waals surface area (Å²) in [4.78, 5) is 23.4. The van der Waals surface area contributed by atoms with Crippen LogP contribution >= 0.6 is 11.6 Å². The molecule has 1 aromatic heterocycles. The van der Waals surface area contributed by atoms with Crippen LogP contribution in [0.3, 0.4) is 0 Å². The minimum Gasteiger partial charge on any atom is -0.488 e. The molecule has 1 saturated heterocycles. The molecule has 0 spiro atoms. The average Bonchev–Trinajstić information content (AvgIpc) is 2.74. The van der Waals surface area contributed by atoms with Crippen LogP contribution in [0.1, 0.15) is 12.8 Å². The van der Waals surface area contributed by atoms with Crippen molar-refractivity contribution >= 4 is 23.5 Å². The third-order valence-corrected chi connectivity index (χ3v) is 4.26. The maximum atomic E-state index is 9.55. The number of piperidine rings is 1. The Kier molecular flexibility index (Phi) is 9.63. The molecule has 0 unspecified atom stereocenters. The fourth-order valence-electron chi connectivity index (χ4n) is 2.59. The highest BCUT2D eigenvalue weighted by Gasteiger charge is 2.15. The van der Waals surface area contributed by atoms with Crippen LogP contribution < -0.4 is 14.8 Å². The highest BCUT2D eigenvalue weighted by Crippen LogP contribution is 2.30. The standard InChI is InChI=1S/C17H19ClN2O2.C4H4O4/c18-14-5-7-15(8-6-14)22-17-16(4-2-10-20-17)21-12-13-3-1-9-19-11-13;5-3(6)1-2-4(7)8/h2,4-8,10,13,19H,1,3,9,11-12H2;1-2H,(H,5,6)(H,7,8)/b;2-1+/t13-;/m0./s1. The molecule has 1 atom stereocenters. The molecule has 30 heavy (non-hydrogen) atoms. The molecule has 2 aromatic rings. The zero-order valence-corrected chi connectivity index (χ0v) is 16.9. The summed E-state index contributed by atoms with van der Waals surface area (Å²) >= 11 is 5.88. The van der Waals surface area contributed by atoms with E-state index in [0.29, 0.717) is 47.1 Å². The number of hydrogen-bond acceptors (Lipinski definition) is 6.